The molecule has 26 heavy (non-hydrogen) atoms. The van der Waals surface area contributed by atoms with Gasteiger partial charge < -0.3 is 10.3 Å². The average Bonchev–Trinajstić information content (AvgIpc) is 3.11. The van der Waals surface area contributed by atoms with Crippen molar-refractivity contribution in [3.05, 3.63) is 71.9 Å². The minimum absolute atomic E-state index is 0.110. The first-order chi connectivity index (χ1) is 12.6. The summed E-state index contributed by atoms with van der Waals surface area (Å²) in [5.74, 6) is -1.19. The lowest BCUT2D eigenvalue weighted by Gasteiger charge is -2.17. The van der Waals surface area contributed by atoms with Crippen LogP contribution in [0.15, 0.2) is 59.5 Å². The minimum Gasteiger partial charge on any atom is -0.366 e. The molecule has 0 radical (unpaired) electrons. The zero-order valence-corrected chi connectivity index (χ0v) is 13.9. The lowest BCUT2D eigenvalue weighted by molar-refractivity contribution is 0.100. The number of carbonyl (C=O) groups excluding carboxylic acids is 1. The Bertz CT molecular complexity index is 1140. The Morgan fingerprint density at radius 3 is 2.58 bits per heavy atom. The van der Waals surface area contributed by atoms with E-state index in [1.165, 1.54) is 6.07 Å². The molecule has 1 amide bonds. The van der Waals surface area contributed by atoms with E-state index in [4.69, 9.17) is 10.3 Å². The molecule has 4 rings (SSSR count). The first-order valence-corrected chi connectivity index (χ1v) is 7.94. The van der Waals surface area contributed by atoms with Gasteiger partial charge in [-0.3, -0.25) is 9.78 Å². The van der Waals surface area contributed by atoms with Gasteiger partial charge in [0, 0.05) is 23.3 Å². The highest BCUT2D eigenvalue weighted by Crippen LogP contribution is 2.39. The van der Waals surface area contributed by atoms with E-state index in [0.29, 0.717) is 27.8 Å². The molecule has 2 aromatic carbocycles. The molecule has 6 heteroatoms. The fourth-order valence-electron chi connectivity index (χ4n) is 3.14. The van der Waals surface area contributed by atoms with E-state index < -0.39 is 11.7 Å². The summed E-state index contributed by atoms with van der Waals surface area (Å²) >= 11 is 0. The molecule has 128 valence electrons. The molecule has 0 atom stereocenters. The van der Waals surface area contributed by atoms with Gasteiger partial charge in [0.25, 0.3) is 0 Å². The summed E-state index contributed by atoms with van der Waals surface area (Å²) in [6, 6.07) is 10.2. The van der Waals surface area contributed by atoms with Gasteiger partial charge in [0.05, 0.1) is 11.8 Å². The first-order valence-electron chi connectivity index (χ1n) is 7.94. The van der Waals surface area contributed by atoms with Crippen LogP contribution in [0, 0.1) is 12.7 Å². The molecule has 0 aliphatic carbocycles. The summed E-state index contributed by atoms with van der Waals surface area (Å²) in [5.41, 5.74) is 9.25. The predicted molar refractivity (Wildman–Crippen MR) is 95.9 cm³/mol. The highest BCUT2D eigenvalue weighted by molar-refractivity contribution is 6.05. The van der Waals surface area contributed by atoms with Crippen molar-refractivity contribution in [2.24, 2.45) is 5.73 Å². The summed E-state index contributed by atoms with van der Waals surface area (Å²) in [6.07, 6.45) is 4.84. The second-order valence-corrected chi connectivity index (χ2v) is 5.96. The molecule has 0 fully saturated rings. The summed E-state index contributed by atoms with van der Waals surface area (Å²) in [6.45, 7) is 1.67. The number of benzene rings is 2. The van der Waals surface area contributed by atoms with Crippen LogP contribution in [0.3, 0.4) is 0 Å². The SMILES string of the molecule is Cc1c(F)cc(C(N)=O)c(-c2ccc3cnoc3c2)c1-c1ccncc1. The van der Waals surface area contributed by atoms with Crippen LogP contribution in [-0.4, -0.2) is 16.0 Å². The van der Waals surface area contributed by atoms with Crippen LogP contribution in [0.1, 0.15) is 15.9 Å². The van der Waals surface area contributed by atoms with Crippen LogP contribution in [0.5, 0.6) is 0 Å². The van der Waals surface area contributed by atoms with Crippen molar-refractivity contribution < 1.29 is 13.7 Å². The Morgan fingerprint density at radius 1 is 1.08 bits per heavy atom. The minimum atomic E-state index is -0.702. The van der Waals surface area contributed by atoms with E-state index >= 15 is 0 Å². The van der Waals surface area contributed by atoms with Gasteiger partial charge in [0.2, 0.25) is 5.91 Å². The molecule has 4 aromatic rings. The van der Waals surface area contributed by atoms with Gasteiger partial charge >= 0.3 is 0 Å². The molecule has 0 unspecified atom stereocenters. The molecular weight excluding hydrogens is 333 g/mol. The van der Waals surface area contributed by atoms with Gasteiger partial charge in [0.15, 0.2) is 5.58 Å². The van der Waals surface area contributed by atoms with E-state index in [-0.39, 0.29) is 5.56 Å². The van der Waals surface area contributed by atoms with E-state index in [1.54, 1.807) is 43.7 Å². The molecular formula is C20H14FN3O2. The number of nitrogens with two attached hydrogens (primary N) is 1. The average molecular weight is 347 g/mol. The number of aromatic nitrogens is 2. The fraction of sp³-hybridized carbons (Fsp3) is 0.0500. The summed E-state index contributed by atoms with van der Waals surface area (Å²) < 4.78 is 19.8. The van der Waals surface area contributed by atoms with Crippen molar-refractivity contribution in [3.63, 3.8) is 0 Å². The monoisotopic (exact) mass is 347 g/mol. The van der Waals surface area contributed by atoms with Crippen LogP contribution in [0.25, 0.3) is 33.2 Å². The number of nitrogens with zero attached hydrogens (tertiary/aromatic N) is 2. The maximum Gasteiger partial charge on any atom is 0.249 e. The highest BCUT2D eigenvalue weighted by Gasteiger charge is 2.22. The number of rotatable bonds is 3. The van der Waals surface area contributed by atoms with Crippen LogP contribution in [0.4, 0.5) is 4.39 Å². The predicted octanol–water partition coefficient (Wildman–Crippen LogP) is 4.10. The zero-order valence-electron chi connectivity index (χ0n) is 13.9. The van der Waals surface area contributed by atoms with Crippen molar-refractivity contribution in [1.82, 2.24) is 10.1 Å². The first kappa shape index (κ1) is 16.0. The molecule has 2 aromatic heterocycles. The number of hydrogen-bond donors (Lipinski definition) is 1. The van der Waals surface area contributed by atoms with Gasteiger partial charge in [-0.2, -0.15) is 0 Å². The fourth-order valence-corrected chi connectivity index (χ4v) is 3.14. The zero-order chi connectivity index (χ0) is 18.3. The smallest absolute Gasteiger partial charge is 0.249 e. The molecule has 0 saturated carbocycles. The van der Waals surface area contributed by atoms with Gasteiger partial charge in [-0.05, 0) is 59.5 Å². The van der Waals surface area contributed by atoms with Crippen LogP contribution in [-0.2, 0) is 0 Å². The Kier molecular flexibility index (Phi) is 3.73. The topological polar surface area (TPSA) is 82.0 Å². The molecule has 0 aliphatic rings. The number of halogens is 1. The largest absolute Gasteiger partial charge is 0.366 e. The van der Waals surface area contributed by atoms with Crippen molar-refractivity contribution in [3.8, 4) is 22.3 Å². The van der Waals surface area contributed by atoms with Crippen molar-refractivity contribution >= 4 is 16.9 Å². The summed E-state index contributed by atoms with van der Waals surface area (Å²) in [4.78, 5) is 16.1. The van der Waals surface area contributed by atoms with Crippen molar-refractivity contribution in [2.75, 3.05) is 0 Å². The van der Waals surface area contributed by atoms with E-state index in [9.17, 15) is 9.18 Å². The lowest BCUT2D eigenvalue weighted by atomic mass is 9.87. The number of pyridine rings is 1. The van der Waals surface area contributed by atoms with Crippen LogP contribution < -0.4 is 5.73 Å². The molecule has 0 bridgehead atoms. The Morgan fingerprint density at radius 2 is 1.85 bits per heavy atom. The normalized spacial score (nSPS) is 11.0. The molecule has 2 heterocycles. The molecule has 0 spiro atoms. The number of hydrogen-bond acceptors (Lipinski definition) is 4. The number of carbonyl (C=O) groups is 1. The van der Waals surface area contributed by atoms with Gasteiger partial charge in [0.1, 0.15) is 5.82 Å². The standard InChI is InChI=1S/C20H14FN3O2/c1-11-16(21)9-15(20(22)25)19(18(11)12-4-6-23-7-5-12)13-2-3-14-10-24-26-17(14)8-13/h2-10H,1H3,(H2,22,25). The van der Waals surface area contributed by atoms with E-state index in [1.807, 2.05) is 12.1 Å². The van der Waals surface area contributed by atoms with Crippen LogP contribution >= 0.6 is 0 Å². The third kappa shape index (κ3) is 2.52. The van der Waals surface area contributed by atoms with Crippen molar-refractivity contribution in [1.29, 1.82) is 0 Å². The second kappa shape index (κ2) is 6.07. The Balaban J connectivity index is 2.11. The van der Waals surface area contributed by atoms with Gasteiger partial charge in [-0.1, -0.05) is 11.2 Å². The summed E-state index contributed by atoms with van der Waals surface area (Å²) in [7, 11) is 0. The maximum absolute atomic E-state index is 14.5. The van der Waals surface area contributed by atoms with E-state index in [0.717, 1.165) is 10.9 Å². The maximum atomic E-state index is 14.5. The molecule has 0 saturated heterocycles. The highest BCUT2D eigenvalue weighted by atomic mass is 19.1. The Hall–Kier alpha value is -3.54. The summed E-state index contributed by atoms with van der Waals surface area (Å²) in [5, 5.41) is 4.60. The van der Waals surface area contributed by atoms with Gasteiger partial charge in [-0.25, -0.2) is 4.39 Å². The lowest BCUT2D eigenvalue weighted by Crippen LogP contribution is -2.14. The molecule has 5 nitrogen and oxygen atoms in total. The molecule has 0 aliphatic heterocycles. The third-order valence-corrected chi connectivity index (χ3v) is 4.40. The number of amides is 1. The quantitative estimate of drug-likeness (QED) is 0.605. The van der Waals surface area contributed by atoms with Crippen LogP contribution in [0.2, 0.25) is 0 Å². The van der Waals surface area contributed by atoms with Gasteiger partial charge in [-0.15, -0.1) is 0 Å². The van der Waals surface area contributed by atoms with Crippen molar-refractivity contribution in [2.45, 2.75) is 6.92 Å². The Labute approximate surface area is 148 Å². The third-order valence-electron chi connectivity index (χ3n) is 4.40. The number of fused-ring (bicyclic) bond motifs is 1. The molecule has 2 N–H and O–H groups in total. The van der Waals surface area contributed by atoms with E-state index in [2.05, 4.69) is 10.1 Å². The second-order valence-electron chi connectivity index (χ2n) is 5.96. The number of primary amides is 1.